The number of nitrogen functional groups attached to an aromatic ring is 1. The summed E-state index contributed by atoms with van der Waals surface area (Å²) >= 11 is 0. The Morgan fingerprint density at radius 2 is 2.20 bits per heavy atom. The van der Waals surface area contributed by atoms with Gasteiger partial charge in [-0.15, -0.1) is 0 Å². The Morgan fingerprint density at radius 1 is 1.48 bits per heavy atom. The number of amidine groups is 1. The predicted octanol–water partition coefficient (Wildman–Crippen LogP) is 0.772. The first kappa shape index (κ1) is 17.7. The quantitative estimate of drug-likeness (QED) is 0.466. The highest BCUT2D eigenvalue weighted by Crippen LogP contribution is 2.43. The van der Waals surface area contributed by atoms with E-state index < -0.39 is 32.3 Å². The third-order valence-corrected chi connectivity index (χ3v) is 8.83. The lowest BCUT2D eigenvalue weighted by Crippen LogP contribution is -2.68. The van der Waals surface area contributed by atoms with Crippen LogP contribution in [-0.2, 0) is 15.7 Å². The molecule has 0 aromatic carbocycles. The number of halogens is 1. The molecule has 0 saturated carbocycles. The highest BCUT2D eigenvalue weighted by Gasteiger charge is 2.54. The van der Waals surface area contributed by atoms with Crippen molar-refractivity contribution in [3.05, 3.63) is 23.6 Å². The van der Waals surface area contributed by atoms with Crippen molar-refractivity contribution < 1.29 is 18.5 Å². The van der Waals surface area contributed by atoms with Crippen molar-refractivity contribution in [2.75, 3.05) is 18.0 Å². The molecule has 0 spiro atoms. The second kappa shape index (κ2) is 5.73. The summed E-state index contributed by atoms with van der Waals surface area (Å²) in [6.45, 7) is 3.88. The Hall–Kier alpha value is -2.07. The molecule has 2 aliphatic heterocycles. The van der Waals surface area contributed by atoms with Gasteiger partial charge in [0.15, 0.2) is 0 Å². The maximum Gasteiger partial charge on any atom is 0.410 e. The van der Waals surface area contributed by atoms with E-state index in [1.165, 1.54) is 12.1 Å². The number of pyridine rings is 1. The number of aliphatic imine (C=N–C) groups is 1. The van der Waals surface area contributed by atoms with Crippen LogP contribution in [0.25, 0.3) is 0 Å². The molecule has 0 unspecified atom stereocenters. The van der Waals surface area contributed by atoms with Crippen LogP contribution in [0.1, 0.15) is 32.4 Å². The van der Waals surface area contributed by atoms with Gasteiger partial charge in [-0.3, -0.25) is 19.2 Å². The van der Waals surface area contributed by atoms with E-state index in [9.17, 15) is 18.5 Å². The molecule has 0 bridgehead atoms. The molecule has 10 heteroatoms. The lowest BCUT2D eigenvalue weighted by atomic mass is 9.96. The van der Waals surface area contributed by atoms with Gasteiger partial charge in [-0.1, -0.05) is 0 Å². The first-order valence-corrected chi connectivity index (χ1v) is 9.86. The van der Waals surface area contributed by atoms with Gasteiger partial charge in [0.05, 0.1) is 4.75 Å². The first-order chi connectivity index (χ1) is 11.6. The minimum Gasteiger partial charge on any atom is -0.465 e. The minimum atomic E-state index is -3.12. The molecule has 8 nitrogen and oxygen atoms in total. The fourth-order valence-electron chi connectivity index (χ4n) is 3.63. The number of nitrogens with two attached hydrogens (primary N) is 1. The number of carbonyl (C=O) groups is 1. The van der Waals surface area contributed by atoms with E-state index >= 15 is 0 Å². The Kier molecular flexibility index (Phi) is 4.07. The Balaban J connectivity index is 2.21. The van der Waals surface area contributed by atoms with Gasteiger partial charge >= 0.3 is 6.09 Å². The Labute approximate surface area is 145 Å². The number of nitrogens with one attached hydrogen (secondary N) is 2. The first-order valence-electron chi connectivity index (χ1n) is 7.97. The van der Waals surface area contributed by atoms with Crippen molar-refractivity contribution in [2.24, 2.45) is 4.99 Å². The van der Waals surface area contributed by atoms with Crippen molar-refractivity contribution in [1.82, 2.24) is 15.0 Å². The minimum absolute atomic E-state index is 0.0364. The monoisotopic (exact) mass is 371 g/mol. The van der Waals surface area contributed by atoms with Crippen molar-refractivity contribution in [1.29, 1.82) is 0 Å². The molecule has 1 amide bonds. The average molecular weight is 371 g/mol. The number of hydrogen-bond donors (Lipinski definition) is 5. The largest absolute Gasteiger partial charge is 0.465 e. The summed E-state index contributed by atoms with van der Waals surface area (Å²) in [5.74, 6) is -0.395. The molecule has 1 fully saturated rings. The molecule has 1 aromatic heterocycles. The molecule has 25 heavy (non-hydrogen) atoms. The molecule has 3 rings (SSSR count). The molecule has 5 N–H and O–H groups in total. The summed E-state index contributed by atoms with van der Waals surface area (Å²) in [6.07, 6.45) is -0.0378. The van der Waals surface area contributed by atoms with Gasteiger partial charge in [0, 0.05) is 12.3 Å². The van der Waals surface area contributed by atoms with Crippen LogP contribution in [-0.4, -0.2) is 43.3 Å². The van der Waals surface area contributed by atoms with Gasteiger partial charge in [0.1, 0.15) is 28.7 Å². The summed E-state index contributed by atoms with van der Waals surface area (Å²) < 4.78 is 30.2. The number of carboxylic acid groups (broad SMARTS) is 1. The normalized spacial score (nSPS) is 32.2. The number of rotatable bonds is 1. The van der Waals surface area contributed by atoms with Crippen LogP contribution in [0, 0.1) is 5.82 Å². The van der Waals surface area contributed by atoms with E-state index in [-0.39, 0.29) is 23.1 Å². The van der Waals surface area contributed by atoms with Crippen molar-refractivity contribution in [2.45, 2.75) is 37.0 Å². The van der Waals surface area contributed by atoms with Crippen LogP contribution in [0.15, 0.2) is 17.1 Å². The molecule has 2 atom stereocenters. The number of thiol groups is 1. The van der Waals surface area contributed by atoms with Crippen molar-refractivity contribution >= 4 is 27.9 Å². The molecule has 0 aliphatic carbocycles. The molecular weight excluding hydrogens is 349 g/mol. The number of aromatic nitrogens is 1. The highest BCUT2D eigenvalue weighted by atomic mass is 32.3. The van der Waals surface area contributed by atoms with Crippen LogP contribution >= 0.6 is 0 Å². The zero-order chi connectivity index (χ0) is 18.5. The van der Waals surface area contributed by atoms with Crippen LogP contribution in [0.2, 0.25) is 0 Å². The van der Waals surface area contributed by atoms with Crippen molar-refractivity contribution in [3.63, 3.8) is 0 Å². The zero-order valence-electron chi connectivity index (χ0n) is 14.0. The Morgan fingerprint density at radius 3 is 2.88 bits per heavy atom. The molecule has 138 valence electrons. The highest BCUT2D eigenvalue weighted by molar-refractivity contribution is 8.03. The third-order valence-electron chi connectivity index (χ3n) is 5.01. The molecular formula is C15H22FN5O3S. The maximum absolute atomic E-state index is 14.4. The number of anilines is 1. The van der Waals surface area contributed by atoms with Crippen LogP contribution < -0.4 is 15.8 Å². The molecule has 2 aliphatic rings. The third kappa shape index (κ3) is 2.78. The van der Waals surface area contributed by atoms with Crippen LogP contribution in [0.5, 0.6) is 0 Å². The topological polar surface area (TPSA) is 130 Å². The lowest BCUT2D eigenvalue weighted by Gasteiger charge is -2.52. The fraction of sp³-hybridized carbons (Fsp3) is 0.533. The Bertz CT molecular complexity index is 816. The second-order valence-corrected chi connectivity index (χ2v) is 10.0. The van der Waals surface area contributed by atoms with Gasteiger partial charge in [-0.25, -0.2) is 14.2 Å². The molecule has 0 radical (unpaired) electrons. The van der Waals surface area contributed by atoms with Gasteiger partial charge in [0.25, 0.3) is 0 Å². The smallest absolute Gasteiger partial charge is 0.410 e. The summed E-state index contributed by atoms with van der Waals surface area (Å²) in [4.78, 5) is 19.8. The van der Waals surface area contributed by atoms with Crippen molar-refractivity contribution in [3.8, 4) is 0 Å². The van der Waals surface area contributed by atoms with E-state index in [1.54, 1.807) is 13.8 Å². The van der Waals surface area contributed by atoms with E-state index in [2.05, 4.69) is 20.0 Å². The predicted molar refractivity (Wildman–Crippen MR) is 94.6 cm³/mol. The molecule has 1 saturated heterocycles. The number of hydrogen-bond acceptors (Lipinski definition) is 5. The summed E-state index contributed by atoms with van der Waals surface area (Å²) in [6, 6.07) is 2.51. The zero-order valence-corrected chi connectivity index (χ0v) is 14.9. The average Bonchev–Trinajstić information content (AvgIpc) is 2.50. The number of fused-ring (bicyclic) bond motifs is 1. The maximum atomic E-state index is 14.4. The summed E-state index contributed by atoms with van der Waals surface area (Å²) in [5, 5.41) is 11.5. The number of amides is 1. The SMILES string of the molecule is C[C@@]1(c2nc(N)ccc2F)C[SH]2(=O)NCCC[C@]2(C)C(NC(=O)O)=N1. The number of nitrogens with zero attached hydrogens (tertiary/aromatic N) is 2. The van der Waals surface area contributed by atoms with E-state index in [0.717, 1.165) is 6.42 Å². The van der Waals surface area contributed by atoms with Gasteiger partial charge in [-0.05, 0) is 48.9 Å². The summed E-state index contributed by atoms with van der Waals surface area (Å²) in [5.41, 5.74) is 4.34. The van der Waals surface area contributed by atoms with E-state index in [0.29, 0.717) is 13.0 Å². The van der Waals surface area contributed by atoms with Gasteiger partial charge < -0.3 is 10.8 Å². The summed E-state index contributed by atoms with van der Waals surface area (Å²) in [7, 11) is -3.12. The van der Waals surface area contributed by atoms with Crippen LogP contribution in [0.3, 0.4) is 0 Å². The lowest BCUT2D eigenvalue weighted by molar-refractivity contribution is 0.199. The fourth-order valence-corrected chi connectivity index (χ4v) is 7.01. The van der Waals surface area contributed by atoms with E-state index in [1.807, 2.05) is 0 Å². The standard InChI is InChI=1S/C15H22FN5O3S/c1-14(11-9(16)4-5-10(17)19-11)8-25(24)15(2,6-3-7-18-25)12(21-14)20-13(22)23/h4-5,25H,3,6-8H2,1-2H3,(H2,17,19)(H,18,24)(H,20,21)(H,22,23)/t14-,15+/m0/s1. The molecule has 1 aromatic rings. The molecule has 3 heterocycles. The van der Waals surface area contributed by atoms with Gasteiger partial charge in [-0.2, -0.15) is 0 Å². The van der Waals surface area contributed by atoms with Gasteiger partial charge in [0.2, 0.25) is 0 Å². The van der Waals surface area contributed by atoms with Crippen LogP contribution in [0.4, 0.5) is 15.0 Å². The van der Waals surface area contributed by atoms with E-state index in [4.69, 9.17) is 5.73 Å². The second-order valence-electron chi connectivity index (χ2n) is 6.91.